The molecule has 0 aliphatic heterocycles. The van der Waals surface area contributed by atoms with Crippen LogP contribution in [-0.2, 0) is 19.1 Å². The molecule has 0 bridgehead atoms. The molecule has 0 rings (SSSR count). The van der Waals surface area contributed by atoms with Crippen molar-refractivity contribution in [2.45, 2.75) is 19.8 Å². The molecule has 0 amide bonds. The number of methoxy groups -OCH3 is 2. The normalized spacial score (nSPS) is 10.8. The Morgan fingerprint density at radius 1 is 1.15 bits per heavy atom. The Morgan fingerprint density at radius 2 is 1.69 bits per heavy atom. The molecule has 0 fully saturated rings. The molecule has 4 heteroatoms. The predicted octanol–water partition coefficient (Wildman–Crippen LogP) is 1.06. The van der Waals surface area contributed by atoms with Crippen LogP contribution in [0.4, 0.5) is 0 Å². The summed E-state index contributed by atoms with van der Waals surface area (Å²) in [5.41, 5.74) is 0.803. The highest BCUT2D eigenvalue weighted by Crippen LogP contribution is 2.03. The van der Waals surface area contributed by atoms with E-state index in [1.54, 1.807) is 13.0 Å². The van der Waals surface area contributed by atoms with Crippen molar-refractivity contribution in [3.63, 3.8) is 0 Å². The van der Waals surface area contributed by atoms with Crippen LogP contribution < -0.4 is 0 Å². The lowest BCUT2D eigenvalue weighted by Crippen LogP contribution is -2.02. The van der Waals surface area contributed by atoms with Crippen LogP contribution in [0, 0.1) is 0 Å². The Kier molecular flexibility index (Phi) is 5.59. The summed E-state index contributed by atoms with van der Waals surface area (Å²) in [4.78, 5) is 21.4. The first-order valence-corrected chi connectivity index (χ1v) is 3.89. The Balaban J connectivity index is 3.88. The summed E-state index contributed by atoms with van der Waals surface area (Å²) >= 11 is 0. The van der Waals surface area contributed by atoms with Gasteiger partial charge in [-0.15, -0.1) is 0 Å². The van der Waals surface area contributed by atoms with Gasteiger partial charge in [0.2, 0.25) is 0 Å². The van der Waals surface area contributed by atoms with Crippen LogP contribution in [0.15, 0.2) is 11.6 Å². The van der Waals surface area contributed by atoms with E-state index < -0.39 is 0 Å². The van der Waals surface area contributed by atoms with E-state index in [1.807, 2.05) is 0 Å². The molecule has 0 aliphatic rings. The molecule has 0 aromatic carbocycles. The highest BCUT2D eigenvalue weighted by molar-refractivity contribution is 5.73. The first-order chi connectivity index (χ1) is 6.10. The van der Waals surface area contributed by atoms with Crippen LogP contribution in [0.5, 0.6) is 0 Å². The summed E-state index contributed by atoms with van der Waals surface area (Å²) in [6.45, 7) is 1.76. The van der Waals surface area contributed by atoms with Crippen molar-refractivity contribution in [1.29, 1.82) is 0 Å². The number of carbonyl (C=O) groups excluding carboxylic acids is 2. The molecule has 0 radical (unpaired) electrons. The summed E-state index contributed by atoms with van der Waals surface area (Å²) in [5.74, 6) is -0.622. The van der Waals surface area contributed by atoms with Crippen molar-refractivity contribution in [1.82, 2.24) is 0 Å². The summed E-state index contributed by atoms with van der Waals surface area (Å²) in [5, 5.41) is 0. The molecule has 0 saturated carbocycles. The fourth-order valence-corrected chi connectivity index (χ4v) is 0.713. The van der Waals surface area contributed by atoms with E-state index in [-0.39, 0.29) is 24.8 Å². The van der Waals surface area contributed by atoms with Gasteiger partial charge in [-0.3, -0.25) is 9.59 Å². The van der Waals surface area contributed by atoms with E-state index in [0.717, 1.165) is 5.57 Å². The number of esters is 2. The van der Waals surface area contributed by atoms with Gasteiger partial charge in [0.1, 0.15) is 0 Å². The molecule has 4 nitrogen and oxygen atoms in total. The lowest BCUT2D eigenvalue weighted by Gasteiger charge is -1.99. The molecular formula is C9H14O4. The topological polar surface area (TPSA) is 52.6 Å². The van der Waals surface area contributed by atoms with E-state index >= 15 is 0 Å². The largest absolute Gasteiger partial charge is 0.469 e. The lowest BCUT2D eigenvalue weighted by molar-refractivity contribution is -0.141. The smallest absolute Gasteiger partial charge is 0.309 e. The monoisotopic (exact) mass is 186 g/mol. The standard InChI is InChI=1S/C9H14O4/c1-7(6-9(11)13-3)4-5-8(10)12-2/h4H,5-6H2,1-3H3. The number of rotatable bonds is 4. The fraction of sp³-hybridized carbons (Fsp3) is 0.556. The van der Waals surface area contributed by atoms with Gasteiger partial charge in [0.05, 0.1) is 27.1 Å². The minimum Gasteiger partial charge on any atom is -0.469 e. The summed E-state index contributed by atoms with van der Waals surface area (Å²) < 4.78 is 8.89. The van der Waals surface area contributed by atoms with E-state index in [0.29, 0.717) is 0 Å². The maximum absolute atomic E-state index is 10.8. The average Bonchev–Trinajstić information content (AvgIpc) is 2.13. The molecule has 0 atom stereocenters. The van der Waals surface area contributed by atoms with Gasteiger partial charge in [0.15, 0.2) is 0 Å². The second-order valence-corrected chi connectivity index (χ2v) is 2.58. The Hall–Kier alpha value is -1.32. The third-order valence-electron chi connectivity index (χ3n) is 1.50. The van der Waals surface area contributed by atoms with Gasteiger partial charge in [-0.05, 0) is 6.92 Å². The highest BCUT2D eigenvalue weighted by Gasteiger charge is 2.02. The van der Waals surface area contributed by atoms with Crippen molar-refractivity contribution in [3.05, 3.63) is 11.6 Å². The van der Waals surface area contributed by atoms with Crippen LogP contribution in [0.3, 0.4) is 0 Å². The number of hydrogen-bond acceptors (Lipinski definition) is 4. The molecule has 0 N–H and O–H groups in total. The SMILES string of the molecule is COC(=O)CC=C(C)CC(=O)OC. The van der Waals surface area contributed by atoms with E-state index in [9.17, 15) is 9.59 Å². The first kappa shape index (κ1) is 11.7. The zero-order valence-electron chi connectivity index (χ0n) is 8.12. The highest BCUT2D eigenvalue weighted by atomic mass is 16.5. The molecule has 0 saturated heterocycles. The number of ether oxygens (including phenoxy) is 2. The zero-order valence-corrected chi connectivity index (χ0v) is 8.12. The zero-order chi connectivity index (χ0) is 10.3. The van der Waals surface area contributed by atoms with Gasteiger partial charge in [0, 0.05) is 0 Å². The van der Waals surface area contributed by atoms with E-state index in [2.05, 4.69) is 9.47 Å². The molecule has 0 heterocycles. The minimum atomic E-state index is -0.316. The molecule has 0 aromatic rings. The quantitative estimate of drug-likeness (QED) is 0.486. The van der Waals surface area contributed by atoms with Gasteiger partial charge < -0.3 is 9.47 Å². The summed E-state index contributed by atoms with van der Waals surface area (Å²) in [7, 11) is 2.65. The van der Waals surface area contributed by atoms with Crippen molar-refractivity contribution in [3.8, 4) is 0 Å². The van der Waals surface area contributed by atoms with Gasteiger partial charge in [-0.2, -0.15) is 0 Å². The Morgan fingerprint density at radius 3 is 2.15 bits per heavy atom. The van der Waals surface area contributed by atoms with Gasteiger partial charge in [-0.25, -0.2) is 0 Å². The van der Waals surface area contributed by atoms with E-state index in [4.69, 9.17) is 0 Å². The van der Waals surface area contributed by atoms with Crippen LogP contribution in [0.1, 0.15) is 19.8 Å². The third-order valence-corrected chi connectivity index (χ3v) is 1.50. The molecule has 0 aromatic heterocycles. The van der Waals surface area contributed by atoms with Crippen LogP contribution in [0.2, 0.25) is 0 Å². The Labute approximate surface area is 77.5 Å². The maximum atomic E-state index is 10.8. The fourth-order valence-electron chi connectivity index (χ4n) is 0.713. The number of carbonyl (C=O) groups is 2. The second kappa shape index (κ2) is 6.22. The van der Waals surface area contributed by atoms with Crippen LogP contribution >= 0.6 is 0 Å². The molecule has 13 heavy (non-hydrogen) atoms. The summed E-state index contributed by atoms with van der Waals surface area (Å²) in [6, 6.07) is 0. The number of hydrogen-bond donors (Lipinski definition) is 0. The minimum absolute atomic E-state index is 0.194. The van der Waals surface area contributed by atoms with Crippen molar-refractivity contribution < 1.29 is 19.1 Å². The maximum Gasteiger partial charge on any atom is 0.309 e. The first-order valence-electron chi connectivity index (χ1n) is 3.89. The van der Waals surface area contributed by atoms with Gasteiger partial charge in [-0.1, -0.05) is 11.6 Å². The molecular weight excluding hydrogens is 172 g/mol. The molecule has 0 aliphatic carbocycles. The Bertz CT molecular complexity index is 218. The van der Waals surface area contributed by atoms with Crippen molar-refractivity contribution >= 4 is 11.9 Å². The van der Waals surface area contributed by atoms with E-state index in [1.165, 1.54) is 14.2 Å². The predicted molar refractivity (Wildman–Crippen MR) is 47.0 cm³/mol. The molecule has 74 valence electrons. The lowest BCUT2D eigenvalue weighted by atomic mass is 10.2. The van der Waals surface area contributed by atoms with Gasteiger partial charge >= 0.3 is 11.9 Å². The van der Waals surface area contributed by atoms with Crippen molar-refractivity contribution in [2.75, 3.05) is 14.2 Å². The third kappa shape index (κ3) is 5.90. The van der Waals surface area contributed by atoms with Crippen molar-refractivity contribution in [2.24, 2.45) is 0 Å². The molecule has 0 unspecified atom stereocenters. The average molecular weight is 186 g/mol. The second-order valence-electron chi connectivity index (χ2n) is 2.58. The van der Waals surface area contributed by atoms with Crippen LogP contribution in [0.25, 0.3) is 0 Å². The van der Waals surface area contributed by atoms with Gasteiger partial charge in [0.25, 0.3) is 0 Å². The summed E-state index contributed by atoms with van der Waals surface area (Å²) in [6.07, 6.45) is 2.07. The molecule has 0 spiro atoms. The van der Waals surface area contributed by atoms with Crippen LogP contribution in [-0.4, -0.2) is 26.2 Å².